The van der Waals surface area contributed by atoms with Crippen LogP contribution in [-0.4, -0.2) is 48.6 Å². The number of phenols is 2. The monoisotopic (exact) mass is 468 g/mol. The van der Waals surface area contributed by atoms with Crippen molar-refractivity contribution in [3.05, 3.63) is 59.7 Å². The molecule has 34 heavy (non-hydrogen) atoms. The normalized spacial score (nSPS) is 12.0. The molecule has 0 saturated carbocycles. The third-order valence-electron chi connectivity index (χ3n) is 4.92. The molecule has 2 rings (SSSR count). The van der Waals surface area contributed by atoms with Gasteiger partial charge in [0, 0.05) is 6.42 Å². The third-order valence-corrected chi connectivity index (χ3v) is 4.92. The van der Waals surface area contributed by atoms with E-state index >= 15 is 0 Å². The number of benzene rings is 2. The molecule has 180 valence electrons. The first-order valence-corrected chi connectivity index (χ1v) is 10.6. The number of methoxy groups -OCH3 is 2. The zero-order valence-electron chi connectivity index (χ0n) is 19.3. The van der Waals surface area contributed by atoms with Gasteiger partial charge >= 0.3 is 5.97 Å². The number of aromatic hydroxyl groups is 2. The van der Waals surface area contributed by atoms with Gasteiger partial charge in [0.25, 0.3) is 0 Å². The lowest BCUT2D eigenvalue weighted by atomic mass is 9.92. The fourth-order valence-corrected chi connectivity index (χ4v) is 3.10. The van der Waals surface area contributed by atoms with Crippen LogP contribution in [0.2, 0.25) is 0 Å². The van der Waals surface area contributed by atoms with E-state index in [2.05, 4.69) is 0 Å². The molecule has 0 fully saturated rings. The summed E-state index contributed by atoms with van der Waals surface area (Å²) in [6.45, 7) is 1.88. The largest absolute Gasteiger partial charge is 0.504 e. The first-order chi connectivity index (χ1) is 16.3. The molecular formula is C26H28O8. The van der Waals surface area contributed by atoms with Crippen molar-refractivity contribution in [3.8, 4) is 23.0 Å². The summed E-state index contributed by atoms with van der Waals surface area (Å²) in [5.41, 5.74) is 1.18. The van der Waals surface area contributed by atoms with Gasteiger partial charge in [-0.25, -0.2) is 0 Å². The highest BCUT2D eigenvalue weighted by atomic mass is 16.5. The Morgan fingerprint density at radius 2 is 1.32 bits per heavy atom. The van der Waals surface area contributed by atoms with Gasteiger partial charge in [0.2, 0.25) is 0 Å². The smallest absolute Gasteiger partial charge is 0.305 e. The second-order valence-electron chi connectivity index (χ2n) is 7.23. The average Bonchev–Trinajstić information content (AvgIpc) is 2.83. The molecule has 0 unspecified atom stereocenters. The molecule has 2 aromatic carbocycles. The van der Waals surface area contributed by atoms with Crippen LogP contribution < -0.4 is 9.47 Å². The van der Waals surface area contributed by atoms with E-state index in [1.807, 2.05) is 0 Å². The van der Waals surface area contributed by atoms with Crippen molar-refractivity contribution in [1.82, 2.24) is 0 Å². The summed E-state index contributed by atoms with van der Waals surface area (Å²) in [5.74, 6) is -2.12. The number of carbonyl (C=O) groups excluding carboxylic acids is 3. The number of phenolic OH excluding ortho intramolecular Hbond substituents is 2. The number of carbonyl (C=O) groups is 3. The van der Waals surface area contributed by atoms with Crippen molar-refractivity contribution < 1.29 is 38.8 Å². The maximum atomic E-state index is 12.9. The second-order valence-corrected chi connectivity index (χ2v) is 7.23. The van der Waals surface area contributed by atoms with E-state index in [0.717, 1.165) is 0 Å². The standard InChI is InChI=1S/C26H28O8/c1-4-34-26(31)14-9-19(20(27)10-5-17-7-12-22(29)24(15-17)32-2)21(28)11-6-18-8-13-23(30)25(16-18)33-3/h5-8,10-13,15-16,19,29-30H,4,9,14H2,1-3H3. The Labute approximate surface area is 198 Å². The Morgan fingerprint density at radius 1 is 0.853 bits per heavy atom. The number of ether oxygens (including phenoxy) is 3. The van der Waals surface area contributed by atoms with E-state index in [9.17, 15) is 24.6 Å². The Balaban J connectivity index is 2.22. The molecule has 0 saturated heterocycles. The third kappa shape index (κ3) is 7.51. The molecule has 0 spiro atoms. The van der Waals surface area contributed by atoms with Crippen LogP contribution in [0.5, 0.6) is 23.0 Å². The van der Waals surface area contributed by atoms with E-state index in [-0.39, 0.29) is 42.4 Å². The minimum Gasteiger partial charge on any atom is -0.504 e. The van der Waals surface area contributed by atoms with Gasteiger partial charge < -0.3 is 24.4 Å². The van der Waals surface area contributed by atoms with Crippen molar-refractivity contribution in [2.75, 3.05) is 20.8 Å². The van der Waals surface area contributed by atoms with E-state index < -0.39 is 23.5 Å². The van der Waals surface area contributed by atoms with Crippen LogP contribution in [0, 0.1) is 5.92 Å². The molecule has 0 aliphatic heterocycles. The molecule has 0 aromatic heterocycles. The number of ketones is 2. The molecule has 8 heteroatoms. The molecule has 0 amide bonds. The summed E-state index contributed by atoms with van der Waals surface area (Å²) in [4.78, 5) is 37.6. The van der Waals surface area contributed by atoms with Crippen LogP contribution in [0.25, 0.3) is 12.2 Å². The Hall–Kier alpha value is -4.07. The topological polar surface area (TPSA) is 119 Å². The SMILES string of the molecule is CCOC(=O)CCC(C(=O)C=Cc1ccc(O)c(OC)c1)C(=O)C=Cc1ccc(O)c(OC)c1. The van der Waals surface area contributed by atoms with Crippen molar-refractivity contribution in [3.63, 3.8) is 0 Å². The van der Waals surface area contributed by atoms with Crippen LogP contribution in [0.15, 0.2) is 48.6 Å². The van der Waals surface area contributed by atoms with Crippen molar-refractivity contribution in [1.29, 1.82) is 0 Å². The Bertz CT molecular complexity index is 1010. The van der Waals surface area contributed by atoms with Crippen LogP contribution in [0.1, 0.15) is 30.9 Å². The molecule has 0 heterocycles. The Kier molecular flexibility index (Phi) is 9.89. The first-order valence-electron chi connectivity index (χ1n) is 10.6. The maximum absolute atomic E-state index is 12.9. The van der Waals surface area contributed by atoms with E-state index in [4.69, 9.17) is 14.2 Å². The van der Waals surface area contributed by atoms with Gasteiger partial charge in [0.05, 0.1) is 26.7 Å². The van der Waals surface area contributed by atoms with Crippen LogP contribution >= 0.6 is 0 Å². The number of rotatable bonds is 12. The molecule has 0 bridgehead atoms. The lowest BCUT2D eigenvalue weighted by Crippen LogP contribution is -2.22. The first kappa shape index (κ1) is 26.2. The minimum atomic E-state index is -1.09. The summed E-state index contributed by atoms with van der Waals surface area (Å²) in [7, 11) is 2.82. The zero-order chi connectivity index (χ0) is 25.1. The van der Waals surface area contributed by atoms with E-state index in [1.54, 1.807) is 31.2 Å². The second kappa shape index (κ2) is 12.8. The lowest BCUT2D eigenvalue weighted by molar-refractivity contribution is -0.143. The Morgan fingerprint density at radius 3 is 1.74 bits per heavy atom. The van der Waals surface area contributed by atoms with Crippen LogP contribution in [0.4, 0.5) is 0 Å². The predicted molar refractivity (Wildman–Crippen MR) is 127 cm³/mol. The van der Waals surface area contributed by atoms with Crippen molar-refractivity contribution in [2.24, 2.45) is 5.92 Å². The summed E-state index contributed by atoms with van der Waals surface area (Å²) in [6.07, 6.45) is 5.43. The maximum Gasteiger partial charge on any atom is 0.305 e. The van der Waals surface area contributed by atoms with Gasteiger partial charge in [0.15, 0.2) is 34.6 Å². The minimum absolute atomic E-state index is 0.0109. The van der Waals surface area contributed by atoms with Crippen LogP contribution in [-0.2, 0) is 19.1 Å². The molecule has 0 aliphatic carbocycles. The number of hydrogen-bond donors (Lipinski definition) is 2. The summed E-state index contributed by atoms with van der Waals surface area (Å²) in [5, 5.41) is 19.4. The molecular weight excluding hydrogens is 440 g/mol. The average molecular weight is 469 g/mol. The number of hydrogen-bond acceptors (Lipinski definition) is 8. The predicted octanol–water partition coefficient (Wildman–Crippen LogP) is 3.94. The molecule has 2 N–H and O–H groups in total. The molecule has 0 aliphatic rings. The van der Waals surface area contributed by atoms with Gasteiger partial charge in [-0.3, -0.25) is 14.4 Å². The van der Waals surface area contributed by atoms with Crippen molar-refractivity contribution in [2.45, 2.75) is 19.8 Å². The van der Waals surface area contributed by atoms with Crippen molar-refractivity contribution >= 4 is 29.7 Å². The van der Waals surface area contributed by atoms with Gasteiger partial charge in [-0.15, -0.1) is 0 Å². The molecule has 0 radical (unpaired) electrons. The van der Waals surface area contributed by atoms with Gasteiger partial charge in [0.1, 0.15) is 0 Å². The highest BCUT2D eigenvalue weighted by molar-refractivity contribution is 6.13. The van der Waals surface area contributed by atoms with Crippen LogP contribution in [0.3, 0.4) is 0 Å². The summed E-state index contributed by atoms with van der Waals surface area (Å²) in [6, 6.07) is 9.14. The highest BCUT2D eigenvalue weighted by Crippen LogP contribution is 2.28. The fourth-order valence-electron chi connectivity index (χ4n) is 3.10. The molecule has 2 aromatic rings. The van der Waals surface area contributed by atoms with Gasteiger partial charge in [-0.1, -0.05) is 24.3 Å². The van der Waals surface area contributed by atoms with Gasteiger partial charge in [-0.2, -0.15) is 0 Å². The highest BCUT2D eigenvalue weighted by Gasteiger charge is 2.24. The summed E-state index contributed by atoms with van der Waals surface area (Å²) < 4.78 is 15.0. The zero-order valence-corrected chi connectivity index (χ0v) is 19.3. The molecule has 0 atom stereocenters. The van der Waals surface area contributed by atoms with E-state index in [1.165, 1.54) is 50.7 Å². The van der Waals surface area contributed by atoms with Gasteiger partial charge in [-0.05, 0) is 60.9 Å². The number of esters is 1. The molecule has 8 nitrogen and oxygen atoms in total. The lowest BCUT2D eigenvalue weighted by Gasteiger charge is -2.11. The number of allylic oxidation sites excluding steroid dienone is 2. The van der Waals surface area contributed by atoms with E-state index in [0.29, 0.717) is 11.1 Å². The summed E-state index contributed by atoms with van der Waals surface area (Å²) >= 11 is 0. The fraction of sp³-hybridized carbons (Fsp3) is 0.269. The quantitative estimate of drug-likeness (QED) is 0.273.